The molecule has 2 aliphatic heterocycles. The average molecular weight is 401 g/mol. The van der Waals surface area contributed by atoms with E-state index in [1.165, 1.54) is 10.1 Å². The number of nitrogens with zero attached hydrogens (tertiary/aromatic N) is 2. The van der Waals surface area contributed by atoms with Crippen LogP contribution in [-0.2, 0) is 19.1 Å². The first kappa shape index (κ1) is 23.1. The largest absolute Gasteiger partial charge is 0.462 e. The molecule has 162 valence electrons. The van der Waals surface area contributed by atoms with Gasteiger partial charge in [0.15, 0.2) is 0 Å². The highest BCUT2D eigenvalue weighted by molar-refractivity contribution is 5.77. The van der Waals surface area contributed by atoms with E-state index in [0.29, 0.717) is 32.2 Å². The van der Waals surface area contributed by atoms with Gasteiger partial charge >= 0.3 is 11.9 Å². The molecule has 1 unspecified atom stereocenters. The molecule has 8 heteroatoms. The summed E-state index contributed by atoms with van der Waals surface area (Å²) >= 11 is 0. The molecular weight excluding hydrogens is 364 g/mol. The Hall–Kier alpha value is -1.22. The summed E-state index contributed by atoms with van der Waals surface area (Å²) in [6.45, 7) is 11.9. The van der Waals surface area contributed by atoms with E-state index in [-0.39, 0.29) is 25.0 Å². The third-order valence-corrected chi connectivity index (χ3v) is 5.82. The SMILES string of the molecule is CC1(C)CC(OC(=O)CCC(=O)OC2CC(C)(C)N(O)C(C)(C)C2)CCN1O. The Balaban J connectivity index is 1.77. The maximum Gasteiger partial charge on any atom is 0.306 e. The molecule has 2 rings (SSSR count). The predicted molar refractivity (Wildman–Crippen MR) is 102 cm³/mol. The summed E-state index contributed by atoms with van der Waals surface area (Å²) in [6.07, 6.45) is 1.56. The van der Waals surface area contributed by atoms with Gasteiger partial charge in [0, 0.05) is 42.4 Å². The summed E-state index contributed by atoms with van der Waals surface area (Å²) in [6, 6.07) is 0. The van der Waals surface area contributed by atoms with Crippen molar-refractivity contribution >= 4 is 11.9 Å². The summed E-state index contributed by atoms with van der Waals surface area (Å²) in [4.78, 5) is 24.3. The van der Waals surface area contributed by atoms with Crippen LogP contribution in [0.1, 0.15) is 80.1 Å². The number of ether oxygens (including phenoxy) is 2. The van der Waals surface area contributed by atoms with Crippen molar-refractivity contribution in [3.63, 3.8) is 0 Å². The topological polar surface area (TPSA) is 99.5 Å². The van der Waals surface area contributed by atoms with Gasteiger partial charge in [0.05, 0.1) is 12.8 Å². The molecule has 0 bridgehead atoms. The normalized spacial score (nSPS) is 27.9. The van der Waals surface area contributed by atoms with Gasteiger partial charge in [-0.15, -0.1) is 0 Å². The van der Waals surface area contributed by atoms with Crippen LogP contribution in [0.2, 0.25) is 0 Å². The van der Waals surface area contributed by atoms with Gasteiger partial charge in [-0.2, -0.15) is 10.1 Å². The standard InChI is InChI=1S/C20H36N2O6/c1-18(2)11-14(9-10-21(18)25)27-16(23)7-8-17(24)28-15-12-19(3,4)22(26)20(5,6)13-15/h14-15,25-26H,7-13H2,1-6H3. The van der Waals surface area contributed by atoms with Crippen LogP contribution in [0.4, 0.5) is 0 Å². The highest BCUT2D eigenvalue weighted by Gasteiger charge is 2.46. The maximum atomic E-state index is 12.2. The van der Waals surface area contributed by atoms with Crippen LogP contribution >= 0.6 is 0 Å². The lowest BCUT2D eigenvalue weighted by molar-refractivity contribution is -0.259. The number of carbonyl (C=O) groups is 2. The molecule has 0 spiro atoms. The van der Waals surface area contributed by atoms with Crippen LogP contribution in [0.15, 0.2) is 0 Å². The van der Waals surface area contributed by atoms with Crippen molar-refractivity contribution in [2.75, 3.05) is 6.54 Å². The molecule has 0 saturated carbocycles. The van der Waals surface area contributed by atoms with E-state index in [9.17, 15) is 20.0 Å². The van der Waals surface area contributed by atoms with Gasteiger partial charge in [0.1, 0.15) is 12.2 Å². The Labute approximate surface area is 167 Å². The summed E-state index contributed by atoms with van der Waals surface area (Å²) in [5.41, 5.74) is -1.44. The Kier molecular flexibility index (Phi) is 6.80. The van der Waals surface area contributed by atoms with E-state index in [0.717, 1.165) is 0 Å². The Morgan fingerprint density at radius 1 is 0.821 bits per heavy atom. The quantitative estimate of drug-likeness (QED) is 0.680. The lowest BCUT2D eigenvalue weighted by atomic mass is 9.80. The number of carbonyl (C=O) groups excluding carboxylic acids is 2. The highest BCUT2D eigenvalue weighted by Crippen LogP contribution is 2.38. The fraction of sp³-hybridized carbons (Fsp3) is 0.900. The molecule has 0 aliphatic carbocycles. The molecule has 2 aliphatic rings. The third-order valence-electron chi connectivity index (χ3n) is 5.82. The molecule has 1 atom stereocenters. The Bertz CT molecular complexity index is 571. The van der Waals surface area contributed by atoms with Gasteiger partial charge in [0.25, 0.3) is 0 Å². The van der Waals surface area contributed by atoms with E-state index < -0.39 is 28.6 Å². The van der Waals surface area contributed by atoms with Crippen LogP contribution in [-0.4, -0.2) is 67.8 Å². The van der Waals surface area contributed by atoms with Gasteiger partial charge in [0.2, 0.25) is 0 Å². The highest BCUT2D eigenvalue weighted by atomic mass is 16.6. The summed E-state index contributed by atoms with van der Waals surface area (Å²) in [5, 5.41) is 22.7. The second-order valence-electron chi connectivity index (χ2n) is 10.00. The molecule has 28 heavy (non-hydrogen) atoms. The lowest BCUT2D eigenvalue weighted by Gasteiger charge is -2.50. The van der Waals surface area contributed by atoms with Crippen LogP contribution in [0.25, 0.3) is 0 Å². The number of hydrogen-bond donors (Lipinski definition) is 2. The number of hydrogen-bond acceptors (Lipinski definition) is 8. The van der Waals surface area contributed by atoms with Crippen LogP contribution in [0, 0.1) is 0 Å². The molecule has 8 nitrogen and oxygen atoms in total. The molecule has 0 aromatic carbocycles. The average Bonchev–Trinajstić information content (AvgIpc) is 2.53. The van der Waals surface area contributed by atoms with Crippen molar-refractivity contribution in [3.8, 4) is 0 Å². The van der Waals surface area contributed by atoms with E-state index in [1.807, 2.05) is 41.5 Å². The predicted octanol–water partition coefficient (Wildman–Crippen LogP) is 2.90. The molecule has 2 heterocycles. The number of hydroxylamine groups is 4. The van der Waals surface area contributed by atoms with Crippen LogP contribution in [0.3, 0.4) is 0 Å². The summed E-state index contributed by atoms with van der Waals surface area (Å²) in [7, 11) is 0. The monoisotopic (exact) mass is 400 g/mol. The lowest BCUT2D eigenvalue weighted by Crippen LogP contribution is -2.60. The third kappa shape index (κ3) is 5.65. The van der Waals surface area contributed by atoms with Gasteiger partial charge in [-0.3, -0.25) is 9.59 Å². The number of piperidine rings is 2. The van der Waals surface area contributed by atoms with E-state index in [4.69, 9.17) is 9.47 Å². The minimum absolute atomic E-state index is 0.0236. The summed E-state index contributed by atoms with van der Waals surface area (Å²) in [5.74, 6) is -0.847. The van der Waals surface area contributed by atoms with Gasteiger partial charge in [-0.25, -0.2) is 0 Å². The summed E-state index contributed by atoms with van der Waals surface area (Å²) < 4.78 is 11.0. The van der Waals surface area contributed by atoms with Gasteiger partial charge in [-0.1, -0.05) is 0 Å². The first-order chi connectivity index (χ1) is 12.7. The van der Waals surface area contributed by atoms with Crippen molar-refractivity contribution in [2.24, 2.45) is 0 Å². The zero-order valence-corrected chi connectivity index (χ0v) is 18.0. The van der Waals surface area contributed by atoms with Crippen LogP contribution < -0.4 is 0 Å². The molecule has 0 aromatic rings. The van der Waals surface area contributed by atoms with E-state index in [1.54, 1.807) is 0 Å². The van der Waals surface area contributed by atoms with Crippen LogP contribution in [0.5, 0.6) is 0 Å². The van der Waals surface area contributed by atoms with Crippen molar-refractivity contribution in [2.45, 2.75) is 109 Å². The minimum Gasteiger partial charge on any atom is -0.462 e. The molecule has 2 saturated heterocycles. The zero-order chi connectivity index (χ0) is 21.3. The first-order valence-corrected chi connectivity index (χ1v) is 10.1. The number of rotatable bonds is 5. The van der Waals surface area contributed by atoms with Crippen molar-refractivity contribution < 1.29 is 29.5 Å². The van der Waals surface area contributed by atoms with Crippen molar-refractivity contribution in [1.29, 1.82) is 0 Å². The smallest absolute Gasteiger partial charge is 0.306 e. The molecule has 2 N–H and O–H groups in total. The molecular formula is C20H36N2O6. The van der Waals surface area contributed by atoms with Gasteiger partial charge < -0.3 is 19.9 Å². The fourth-order valence-electron chi connectivity index (χ4n) is 4.39. The van der Waals surface area contributed by atoms with Crippen molar-refractivity contribution in [1.82, 2.24) is 10.1 Å². The molecule has 2 fully saturated rings. The first-order valence-electron chi connectivity index (χ1n) is 10.1. The fourth-order valence-corrected chi connectivity index (χ4v) is 4.39. The Morgan fingerprint density at radius 2 is 1.25 bits per heavy atom. The van der Waals surface area contributed by atoms with Gasteiger partial charge in [-0.05, 0) is 48.0 Å². The Morgan fingerprint density at radius 3 is 1.71 bits per heavy atom. The molecule has 0 aromatic heterocycles. The van der Waals surface area contributed by atoms with E-state index in [2.05, 4.69) is 0 Å². The van der Waals surface area contributed by atoms with Crippen molar-refractivity contribution in [3.05, 3.63) is 0 Å². The molecule has 0 radical (unpaired) electrons. The maximum absolute atomic E-state index is 12.2. The second-order valence-corrected chi connectivity index (χ2v) is 10.00. The molecule has 0 amide bonds. The zero-order valence-electron chi connectivity index (χ0n) is 18.0. The minimum atomic E-state index is -0.500. The second kappa shape index (κ2) is 8.26. The van der Waals surface area contributed by atoms with E-state index >= 15 is 0 Å². The number of esters is 2.